The van der Waals surface area contributed by atoms with Gasteiger partial charge in [0, 0.05) is 18.8 Å². The molecule has 1 aliphatic rings. The van der Waals surface area contributed by atoms with E-state index >= 15 is 0 Å². The largest absolute Gasteiger partial charge is 0.354 e. The van der Waals surface area contributed by atoms with Crippen LogP contribution in [0.1, 0.15) is 51.5 Å². The second-order valence-corrected chi connectivity index (χ2v) is 6.38. The van der Waals surface area contributed by atoms with E-state index in [4.69, 9.17) is 10.7 Å². The number of hydrogen-bond acceptors (Lipinski definition) is 3. The lowest BCUT2D eigenvalue weighted by Crippen LogP contribution is -2.35. The van der Waals surface area contributed by atoms with Crippen LogP contribution in [0.25, 0.3) is 0 Å². The molecule has 0 radical (unpaired) electrons. The highest BCUT2D eigenvalue weighted by Crippen LogP contribution is 2.27. The maximum Gasteiger partial charge on any atom is 0.128 e. The van der Waals surface area contributed by atoms with Crippen LogP contribution in [-0.2, 0) is 6.42 Å². The van der Waals surface area contributed by atoms with E-state index in [1.807, 2.05) is 6.20 Å². The molecule has 1 fully saturated rings. The summed E-state index contributed by atoms with van der Waals surface area (Å²) >= 11 is 0. The van der Waals surface area contributed by atoms with E-state index in [0.29, 0.717) is 12.6 Å². The highest BCUT2D eigenvalue weighted by atomic mass is 15.2. The molecule has 20 heavy (non-hydrogen) atoms. The first kappa shape index (κ1) is 15.3. The van der Waals surface area contributed by atoms with Crippen LogP contribution in [-0.4, -0.2) is 24.1 Å². The molecule has 112 valence electrons. The van der Waals surface area contributed by atoms with Crippen molar-refractivity contribution in [3.63, 3.8) is 0 Å². The highest BCUT2D eigenvalue weighted by Gasteiger charge is 2.23. The summed E-state index contributed by atoms with van der Waals surface area (Å²) < 4.78 is 0. The van der Waals surface area contributed by atoms with Crippen LogP contribution in [0.15, 0.2) is 18.3 Å². The van der Waals surface area contributed by atoms with Crippen molar-refractivity contribution in [2.24, 2.45) is 11.7 Å². The Balaban J connectivity index is 2.07. The first-order valence-electron chi connectivity index (χ1n) is 8.12. The van der Waals surface area contributed by atoms with Gasteiger partial charge in [-0.2, -0.15) is 0 Å². The smallest absolute Gasteiger partial charge is 0.128 e. The molecule has 0 aromatic carbocycles. The molecule has 0 amide bonds. The normalized spacial score (nSPS) is 16.0. The molecule has 1 aromatic heterocycles. The Hall–Kier alpha value is -1.09. The number of pyridine rings is 1. The number of anilines is 1. The van der Waals surface area contributed by atoms with Gasteiger partial charge in [-0.1, -0.05) is 32.8 Å². The van der Waals surface area contributed by atoms with Gasteiger partial charge in [-0.3, -0.25) is 0 Å². The third-order valence-corrected chi connectivity index (χ3v) is 4.25. The van der Waals surface area contributed by atoms with E-state index in [2.05, 4.69) is 30.9 Å². The minimum atomic E-state index is 0.695. The molecule has 0 unspecified atom stereocenters. The first-order valence-corrected chi connectivity index (χ1v) is 8.12. The van der Waals surface area contributed by atoms with Crippen molar-refractivity contribution in [1.82, 2.24) is 4.98 Å². The monoisotopic (exact) mass is 275 g/mol. The number of nitrogens with two attached hydrogens (primary N) is 1. The van der Waals surface area contributed by atoms with Gasteiger partial charge >= 0.3 is 0 Å². The van der Waals surface area contributed by atoms with Gasteiger partial charge in [0.2, 0.25) is 0 Å². The molecule has 2 rings (SSSR count). The Kier molecular flexibility index (Phi) is 5.84. The van der Waals surface area contributed by atoms with E-state index in [1.54, 1.807) is 0 Å². The van der Waals surface area contributed by atoms with Crippen molar-refractivity contribution in [2.75, 3.05) is 18.0 Å². The first-order chi connectivity index (χ1) is 9.70. The maximum atomic E-state index is 5.60. The van der Waals surface area contributed by atoms with Gasteiger partial charge in [0.15, 0.2) is 0 Å². The van der Waals surface area contributed by atoms with Crippen molar-refractivity contribution in [3.05, 3.63) is 23.9 Å². The number of rotatable bonds is 7. The Morgan fingerprint density at radius 2 is 2.05 bits per heavy atom. The van der Waals surface area contributed by atoms with E-state index in [1.165, 1.54) is 37.7 Å². The van der Waals surface area contributed by atoms with Gasteiger partial charge in [-0.05, 0) is 49.8 Å². The Labute approximate surface area is 123 Å². The number of aromatic nitrogens is 1. The summed E-state index contributed by atoms with van der Waals surface area (Å²) in [5.74, 6) is 1.90. The number of nitrogens with zero attached hydrogens (tertiary/aromatic N) is 2. The molecule has 0 bridgehead atoms. The molecule has 1 saturated carbocycles. The summed E-state index contributed by atoms with van der Waals surface area (Å²) in [6.07, 6.45) is 9.54. The topological polar surface area (TPSA) is 42.1 Å². The molecule has 1 aliphatic carbocycles. The Morgan fingerprint density at radius 3 is 2.60 bits per heavy atom. The zero-order valence-electron chi connectivity index (χ0n) is 13.0. The van der Waals surface area contributed by atoms with Crippen molar-refractivity contribution in [3.8, 4) is 0 Å². The molecule has 0 spiro atoms. The molecule has 3 heteroatoms. The molecular weight excluding hydrogens is 246 g/mol. The molecule has 1 heterocycles. The summed E-state index contributed by atoms with van der Waals surface area (Å²) in [5, 5.41) is 0. The summed E-state index contributed by atoms with van der Waals surface area (Å²) in [4.78, 5) is 7.23. The summed E-state index contributed by atoms with van der Waals surface area (Å²) in [7, 11) is 0. The van der Waals surface area contributed by atoms with Crippen molar-refractivity contribution in [2.45, 2.75) is 58.4 Å². The minimum absolute atomic E-state index is 0.695. The third-order valence-electron chi connectivity index (χ3n) is 4.25. The lowest BCUT2D eigenvalue weighted by molar-refractivity contribution is 0.525. The van der Waals surface area contributed by atoms with Gasteiger partial charge in [-0.15, -0.1) is 0 Å². The summed E-state index contributed by atoms with van der Waals surface area (Å²) in [6.45, 7) is 6.42. The van der Waals surface area contributed by atoms with Crippen LogP contribution in [0, 0.1) is 5.92 Å². The second kappa shape index (κ2) is 7.63. The molecule has 1 aromatic rings. The average Bonchev–Trinajstić information content (AvgIpc) is 2.95. The van der Waals surface area contributed by atoms with Crippen LogP contribution in [0.2, 0.25) is 0 Å². The molecule has 0 saturated heterocycles. The second-order valence-electron chi connectivity index (χ2n) is 6.38. The van der Waals surface area contributed by atoms with Gasteiger partial charge < -0.3 is 10.6 Å². The predicted octanol–water partition coefficient (Wildman–Crippen LogP) is 3.38. The van der Waals surface area contributed by atoms with E-state index in [9.17, 15) is 0 Å². The average molecular weight is 275 g/mol. The van der Waals surface area contributed by atoms with Crippen LogP contribution in [0.3, 0.4) is 0 Å². The Bertz CT molecular complexity index is 380. The van der Waals surface area contributed by atoms with E-state index < -0.39 is 0 Å². The quantitative estimate of drug-likeness (QED) is 0.829. The van der Waals surface area contributed by atoms with E-state index in [0.717, 1.165) is 24.7 Å². The van der Waals surface area contributed by atoms with Crippen LogP contribution >= 0.6 is 0 Å². The lowest BCUT2D eigenvalue weighted by Gasteiger charge is -2.31. The summed E-state index contributed by atoms with van der Waals surface area (Å²) in [6, 6.07) is 5.07. The predicted molar refractivity (Wildman–Crippen MR) is 86.1 cm³/mol. The standard InChI is InChI=1S/C17H29N3/c1-14(2)10-12-20(16-5-3-4-6-16)17-8-7-15(9-11-18)13-19-17/h7-8,13-14,16H,3-6,9-12,18H2,1-2H3. The van der Waals surface area contributed by atoms with Gasteiger partial charge in [0.1, 0.15) is 5.82 Å². The van der Waals surface area contributed by atoms with Gasteiger partial charge in [-0.25, -0.2) is 4.98 Å². The lowest BCUT2D eigenvalue weighted by atomic mass is 10.1. The van der Waals surface area contributed by atoms with Crippen molar-refractivity contribution in [1.29, 1.82) is 0 Å². The third kappa shape index (κ3) is 4.20. The molecule has 3 nitrogen and oxygen atoms in total. The SMILES string of the molecule is CC(C)CCN(c1ccc(CCN)cn1)C1CCCC1. The zero-order chi connectivity index (χ0) is 14.4. The van der Waals surface area contributed by atoms with Crippen molar-refractivity contribution >= 4 is 5.82 Å². The fourth-order valence-corrected chi connectivity index (χ4v) is 3.00. The maximum absolute atomic E-state index is 5.60. The Morgan fingerprint density at radius 1 is 1.30 bits per heavy atom. The molecule has 0 aliphatic heterocycles. The minimum Gasteiger partial charge on any atom is -0.354 e. The molecule has 0 atom stereocenters. The molecule has 2 N–H and O–H groups in total. The number of hydrogen-bond donors (Lipinski definition) is 1. The fraction of sp³-hybridized carbons (Fsp3) is 0.706. The fourth-order valence-electron chi connectivity index (χ4n) is 3.00. The van der Waals surface area contributed by atoms with Gasteiger partial charge in [0.25, 0.3) is 0 Å². The van der Waals surface area contributed by atoms with Crippen LogP contribution in [0.4, 0.5) is 5.82 Å². The highest BCUT2D eigenvalue weighted by molar-refractivity contribution is 5.41. The van der Waals surface area contributed by atoms with Crippen LogP contribution in [0.5, 0.6) is 0 Å². The zero-order valence-corrected chi connectivity index (χ0v) is 13.0. The molecular formula is C17H29N3. The van der Waals surface area contributed by atoms with Gasteiger partial charge in [0.05, 0.1) is 0 Å². The van der Waals surface area contributed by atoms with Crippen LogP contribution < -0.4 is 10.6 Å². The van der Waals surface area contributed by atoms with E-state index in [-0.39, 0.29) is 0 Å². The summed E-state index contributed by atoms with van der Waals surface area (Å²) in [5.41, 5.74) is 6.84. The van der Waals surface area contributed by atoms with Crippen molar-refractivity contribution < 1.29 is 0 Å².